The number of esters is 1. The fraction of sp³-hybridized carbons (Fsp3) is 0.235. The van der Waals surface area contributed by atoms with E-state index in [9.17, 15) is 19.5 Å². The van der Waals surface area contributed by atoms with Crippen molar-refractivity contribution in [2.45, 2.75) is 38.1 Å². The first-order valence-corrected chi connectivity index (χ1v) is 14.5. The molecule has 2 heterocycles. The molecular formula is C34H33N5O6. The number of aromatic nitrogens is 2. The van der Waals surface area contributed by atoms with Crippen LogP contribution in [-0.2, 0) is 27.5 Å². The summed E-state index contributed by atoms with van der Waals surface area (Å²) in [7, 11) is 0. The van der Waals surface area contributed by atoms with Crippen LogP contribution >= 0.6 is 0 Å². The Morgan fingerprint density at radius 1 is 0.800 bits per heavy atom. The summed E-state index contributed by atoms with van der Waals surface area (Å²) in [6.07, 6.45) is 2.54. The van der Waals surface area contributed by atoms with E-state index in [2.05, 4.69) is 15.3 Å². The van der Waals surface area contributed by atoms with Gasteiger partial charge in [0, 0.05) is 36.6 Å². The number of hydrogen-bond acceptors (Lipinski definition) is 9. The van der Waals surface area contributed by atoms with Crippen LogP contribution in [0, 0.1) is 5.41 Å². The molecule has 1 aromatic heterocycles. The lowest BCUT2D eigenvalue weighted by Crippen LogP contribution is -2.47. The van der Waals surface area contributed by atoms with Crippen LogP contribution < -0.4 is 5.32 Å². The highest BCUT2D eigenvalue weighted by Gasteiger charge is 2.36. The van der Waals surface area contributed by atoms with Crippen molar-refractivity contribution in [3.05, 3.63) is 120 Å². The minimum absolute atomic E-state index is 0.0979. The van der Waals surface area contributed by atoms with E-state index < -0.39 is 17.7 Å². The lowest BCUT2D eigenvalue weighted by atomic mass is 9.88. The minimum atomic E-state index is -1.23. The van der Waals surface area contributed by atoms with Gasteiger partial charge in [-0.2, -0.15) is 0 Å². The van der Waals surface area contributed by atoms with Crippen LogP contribution in [0.25, 0.3) is 11.4 Å². The second-order valence-corrected chi connectivity index (χ2v) is 10.8. The molecule has 1 aliphatic rings. The Hall–Kier alpha value is -5.42. The Kier molecular flexibility index (Phi) is 9.90. The standard InChI is InChI=1S/C34H33N5O6/c35-30(38-33(42)45-23-25-9-5-2-6-10-25)26-11-13-27(14-12-26)31-36-20-28(21-37-31)32(41)39-17-15-34(43,16-18-39)19-29(40)44-22-24-7-3-1-4-8-24/h1-14,20-21,43H,15-19,22-23H2,(H2,35,38,42). The van der Waals surface area contributed by atoms with Gasteiger partial charge in [-0.05, 0) is 24.0 Å². The number of ether oxygens (including phenoxy) is 2. The lowest BCUT2D eigenvalue weighted by Gasteiger charge is -2.37. The molecule has 0 radical (unpaired) electrons. The van der Waals surface area contributed by atoms with Gasteiger partial charge in [0.15, 0.2) is 5.82 Å². The van der Waals surface area contributed by atoms with Gasteiger partial charge in [-0.3, -0.25) is 20.3 Å². The molecule has 45 heavy (non-hydrogen) atoms. The number of piperidine rings is 1. The van der Waals surface area contributed by atoms with Crippen molar-refractivity contribution in [1.82, 2.24) is 20.2 Å². The SMILES string of the molecule is N=C(NC(=O)OCc1ccccc1)c1ccc(-c2ncc(C(=O)N3CCC(O)(CC(=O)OCc4ccccc4)CC3)cn2)cc1. The predicted octanol–water partition coefficient (Wildman–Crippen LogP) is 4.50. The third kappa shape index (κ3) is 8.58. The van der Waals surface area contributed by atoms with Crippen molar-refractivity contribution in [2.75, 3.05) is 13.1 Å². The van der Waals surface area contributed by atoms with Gasteiger partial charge in [0.25, 0.3) is 5.91 Å². The van der Waals surface area contributed by atoms with Gasteiger partial charge >= 0.3 is 12.1 Å². The molecule has 0 bridgehead atoms. The van der Waals surface area contributed by atoms with Crippen molar-refractivity contribution in [3.8, 4) is 11.4 Å². The third-order valence-electron chi connectivity index (χ3n) is 7.47. The number of aliphatic hydroxyl groups is 1. The van der Waals surface area contributed by atoms with Gasteiger partial charge < -0.3 is 19.5 Å². The molecular weight excluding hydrogens is 574 g/mol. The first-order valence-electron chi connectivity index (χ1n) is 14.5. The van der Waals surface area contributed by atoms with Gasteiger partial charge in [-0.15, -0.1) is 0 Å². The Labute approximate surface area is 260 Å². The van der Waals surface area contributed by atoms with Crippen LogP contribution in [0.4, 0.5) is 4.79 Å². The molecule has 0 atom stereocenters. The van der Waals surface area contributed by atoms with E-state index in [4.69, 9.17) is 14.9 Å². The Balaban J connectivity index is 1.08. The highest BCUT2D eigenvalue weighted by atomic mass is 16.5. The zero-order chi connectivity index (χ0) is 31.6. The number of likely N-dealkylation sites (tertiary alicyclic amines) is 1. The maximum atomic E-state index is 13.1. The average Bonchev–Trinajstić information content (AvgIpc) is 3.07. The van der Waals surface area contributed by atoms with E-state index in [1.807, 2.05) is 60.7 Å². The van der Waals surface area contributed by atoms with E-state index in [-0.39, 0.29) is 57.3 Å². The largest absolute Gasteiger partial charge is 0.461 e. The predicted molar refractivity (Wildman–Crippen MR) is 165 cm³/mol. The molecule has 230 valence electrons. The molecule has 11 nitrogen and oxygen atoms in total. The van der Waals surface area contributed by atoms with Gasteiger partial charge in [-0.25, -0.2) is 14.8 Å². The number of nitrogens with one attached hydrogen (secondary N) is 2. The van der Waals surface area contributed by atoms with Crippen molar-refractivity contribution in [3.63, 3.8) is 0 Å². The molecule has 1 saturated heterocycles. The molecule has 5 rings (SSSR count). The highest BCUT2D eigenvalue weighted by molar-refractivity contribution is 6.04. The molecule has 11 heteroatoms. The summed E-state index contributed by atoms with van der Waals surface area (Å²) in [5.41, 5.74) is 1.92. The summed E-state index contributed by atoms with van der Waals surface area (Å²) in [5, 5.41) is 21.5. The number of hydrogen-bond donors (Lipinski definition) is 3. The molecule has 0 saturated carbocycles. The number of rotatable bonds is 9. The van der Waals surface area contributed by atoms with Crippen LogP contribution in [0.3, 0.4) is 0 Å². The van der Waals surface area contributed by atoms with Crippen LogP contribution in [0.1, 0.15) is 46.3 Å². The van der Waals surface area contributed by atoms with Crippen molar-refractivity contribution in [2.24, 2.45) is 0 Å². The summed E-state index contributed by atoms with van der Waals surface area (Å²) >= 11 is 0. The second kappa shape index (κ2) is 14.4. The van der Waals surface area contributed by atoms with Crippen LogP contribution in [0.15, 0.2) is 97.3 Å². The molecule has 1 fully saturated rings. The molecule has 0 unspecified atom stereocenters. The maximum absolute atomic E-state index is 13.1. The Morgan fingerprint density at radius 2 is 1.36 bits per heavy atom. The molecule has 3 N–H and O–H groups in total. The van der Waals surface area contributed by atoms with Crippen LogP contribution in [0.5, 0.6) is 0 Å². The zero-order valence-electron chi connectivity index (χ0n) is 24.5. The number of benzene rings is 3. The summed E-state index contributed by atoms with van der Waals surface area (Å²) < 4.78 is 10.5. The molecule has 4 aromatic rings. The number of carbonyl (C=O) groups is 3. The van der Waals surface area contributed by atoms with Crippen molar-refractivity contribution >= 4 is 23.8 Å². The van der Waals surface area contributed by atoms with Gasteiger partial charge in [-0.1, -0.05) is 84.9 Å². The molecule has 0 aliphatic carbocycles. The van der Waals surface area contributed by atoms with E-state index in [1.165, 1.54) is 12.4 Å². The van der Waals surface area contributed by atoms with Crippen LogP contribution in [0.2, 0.25) is 0 Å². The smallest absolute Gasteiger partial charge is 0.413 e. The fourth-order valence-corrected chi connectivity index (χ4v) is 4.85. The van der Waals surface area contributed by atoms with E-state index >= 15 is 0 Å². The number of amides is 2. The maximum Gasteiger partial charge on any atom is 0.413 e. The normalized spacial score (nSPS) is 13.8. The van der Waals surface area contributed by atoms with E-state index in [0.29, 0.717) is 22.5 Å². The van der Waals surface area contributed by atoms with Crippen molar-refractivity contribution in [1.29, 1.82) is 5.41 Å². The zero-order valence-corrected chi connectivity index (χ0v) is 24.5. The molecule has 1 aliphatic heterocycles. The first-order chi connectivity index (χ1) is 21.8. The monoisotopic (exact) mass is 607 g/mol. The van der Waals surface area contributed by atoms with Gasteiger partial charge in [0.05, 0.1) is 17.6 Å². The topological polar surface area (TPSA) is 155 Å². The van der Waals surface area contributed by atoms with Crippen LogP contribution in [-0.4, -0.2) is 62.5 Å². The molecule has 3 aromatic carbocycles. The number of amidine groups is 1. The van der Waals surface area contributed by atoms with Gasteiger partial charge in [0.2, 0.25) is 0 Å². The summed E-state index contributed by atoms with van der Waals surface area (Å²) in [6.45, 7) is 0.808. The lowest BCUT2D eigenvalue weighted by molar-refractivity contribution is -0.152. The summed E-state index contributed by atoms with van der Waals surface area (Å²) in [4.78, 5) is 47.8. The number of nitrogens with zero attached hydrogens (tertiary/aromatic N) is 3. The molecule has 0 spiro atoms. The highest BCUT2D eigenvalue weighted by Crippen LogP contribution is 2.27. The van der Waals surface area contributed by atoms with Gasteiger partial charge in [0.1, 0.15) is 19.0 Å². The second-order valence-electron chi connectivity index (χ2n) is 10.8. The van der Waals surface area contributed by atoms with E-state index in [0.717, 1.165) is 11.1 Å². The number of alkyl carbamates (subject to hydrolysis) is 1. The first kappa shape index (κ1) is 31.0. The third-order valence-corrected chi connectivity index (χ3v) is 7.47. The molecule has 2 amide bonds. The Bertz CT molecular complexity index is 1620. The quantitative estimate of drug-likeness (QED) is 0.143. The number of carbonyl (C=O) groups excluding carboxylic acids is 3. The fourth-order valence-electron chi connectivity index (χ4n) is 4.85. The summed E-state index contributed by atoms with van der Waals surface area (Å²) in [6, 6.07) is 25.3. The minimum Gasteiger partial charge on any atom is -0.461 e. The van der Waals surface area contributed by atoms with Crippen molar-refractivity contribution < 1.29 is 29.0 Å². The summed E-state index contributed by atoms with van der Waals surface area (Å²) in [5.74, 6) is -0.460. The van der Waals surface area contributed by atoms with E-state index in [1.54, 1.807) is 29.2 Å². The average molecular weight is 608 g/mol. The Morgan fingerprint density at radius 3 is 1.93 bits per heavy atom.